The second-order valence-electron chi connectivity index (χ2n) is 6.59. The summed E-state index contributed by atoms with van der Waals surface area (Å²) < 4.78 is 0. The summed E-state index contributed by atoms with van der Waals surface area (Å²) in [6.45, 7) is 5.33. The second kappa shape index (κ2) is 7.81. The highest BCUT2D eigenvalue weighted by atomic mass is 16.4. The molecule has 0 fully saturated rings. The van der Waals surface area contributed by atoms with Gasteiger partial charge in [-0.15, -0.1) is 0 Å². The van der Waals surface area contributed by atoms with E-state index in [9.17, 15) is 14.4 Å². The lowest BCUT2D eigenvalue weighted by Gasteiger charge is -2.25. The molecule has 1 aromatic rings. The Kier molecular flexibility index (Phi) is 6.34. The van der Waals surface area contributed by atoms with Gasteiger partial charge in [0.2, 0.25) is 0 Å². The number of benzene rings is 1. The van der Waals surface area contributed by atoms with Gasteiger partial charge in [-0.3, -0.25) is 9.59 Å². The van der Waals surface area contributed by atoms with Crippen LogP contribution in [0.1, 0.15) is 42.6 Å². The van der Waals surface area contributed by atoms with E-state index < -0.39 is 17.5 Å². The molecule has 0 saturated carbocycles. The van der Waals surface area contributed by atoms with Gasteiger partial charge in [0.1, 0.15) is 0 Å². The lowest BCUT2D eigenvalue weighted by Crippen LogP contribution is -2.45. The number of hydrogen-bond acceptors (Lipinski definition) is 3. The fourth-order valence-corrected chi connectivity index (χ4v) is 2.17. The van der Waals surface area contributed by atoms with E-state index in [1.54, 1.807) is 53.1 Å². The van der Waals surface area contributed by atoms with E-state index in [0.717, 1.165) is 5.56 Å². The van der Waals surface area contributed by atoms with Crippen molar-refractivity contribution in [3.63, 3.8) is 0 Å². The number of aliphatic carboxylic acids is 1. The van der Waals surface area contributed by atoms with Crippen molar-refractivity contribution >= 4 is 23.6 Å². The van der Waals surface area contributed by atoms with Crippen molar-refractivity contribution in [2.75, 3.05) is 19.4 Å². The quantitative estimate of drug-likeness (QED) is 0.743. The van der Waals surface area contributed by atoms with Crippen LogP contribution in [0.3, 0.4) is 0 Å². The molecule has 0 bridgehead atoms. The summed E-state index contributed by atoms with van der Waals surface area (Å²) in [5, 5.41) is 14.2. The van der Waals surface area contributed by atoms with E-state index in [1.807, 2.05) is 0 Å². The lowest BCUT2D eigenvalue weighted by molar-refractivity contribution is -0.137. The van der Waals surface area contributed by atoms with Gasteiger partial charge < -0.3 is 20.6 Å². The third-order valence-electron chi connectivity index (χ3n) is 3.54. The minimum absolute atomic E-state index is 0.0201. The highest BCUT2D eigenvalue weighted by Crippen LogP contribution is 2.17. The van der Waals surface area contributed by atoms with Crippen molar-refractivity contribution in [3.05, 3.63) is 29.3 Å². The molecule has 24 heavy (non-hydrogen) atoms. The third-order valence-corrected chi connectivity index (χ3v) is 3.54. The number of carbonyl (C=O) groups excluding carboxylic acids is 2. The summed E-state index contributed by atoms with van der Waals surface area (Å²) in [6.07, 6.45) is 0.304. The molecule has 0 radical (unpaired) electrons. The molecule has 0 saturated heterocycles. The average molecular weight is 335 g/mol. The molecule has 7 nitrogen and oxygen atoms in total. The van der Waals surface area contributed by atoms with Gasteiger partial charge in [0.05, 0.1) is 0 Å². The zero-order chi connectivity index (χ0) is 18.5. The Morgan fingerprint density at radius 2 is 1.83 bits per heavy atom. The molecule has 1 aromatic carbocycles. The van der Waals surface area contributed by atoms with Gasteiger partial charge in [0.25, 0.3) is 5.91 Å². The van der Waals surface area contributed by atoms with Gasteiger partial charge in [-0.1, -0.05) is 0 Å². The van der Waals surface area contributed by atoms with Crippen LogP contribution in [0.4, 0.5) is 10.5 Å². The van der Waals surface area contributed by atoms with Crippen LogP contribution in [0.25, 0.3) is 0 Å². The number of carboxylic acids is 1. The van der Waals surface area contributed by atoms with E-state index in [0.29, 0.717) is 17.7 Å². The summed E-state index contributed by atoms with van der Waals surface area (Å²) in [5.74, 6) is -1.000. The van der Waals surface area contributed by atoms with Gasteiger partial charge in [0.15, 0.2) is 0 Å². The Balaban J connectivity index is 2.72. The van der Waals surface area contributed by atoms with E-state index in [-0.39, 0.29) is 12.3 Å². The lowest BCUT2D eigenvalue weighted by atomic mass is 9.99. The predicted octanol–water partition coefficient (Wildman–Crippen LogP) is 2.46. The van der Waals surface area contributed by atoms with E-state index >= 15 is 0 Å². The van der Waals surface area contributed by atoms with Crippen LogP contribution in [0.5, 0.6) is 0 Å². The number of carboxylic acid groups (broad SMARTS) is 1. The average Bonchev–Trinajstić information content (AvgIpc) is 2.44. The van der Waals surface area contributed by atoms with Crippen LogP contribution >= 0.6 is 0 Å². The van der Waals surface area contributed by atoms with Crippen LogP contribution < -0.4 is 10.6 Å². The Labute approximate surface area is 142 Å². The van der Waals surface area contributed by atoms with Crippen molar-refractivity contribution in [3.8, 4) is 0 Å². The number of aryl methyl sites for hydroxylation is 1. The van der Waals surface area contributed by atoms with Crippen molar-refractivity contribution in [2.45, 2.75) is 39.2 Å². The molecule has 0 atom stereocenters. The van der Waals surface area contributed by atoms with Crippen molar-refractivity contribution < 1.29 is 19.5 Å². The highest BCUT2D eigenvalue weighted by molar-refractivity contribution is 5.96. The monoisotopic (exact) mass is 335 g/mol. The maximum absolute atomic E-state index is 12.1. The molecule has 1 rings (SSSR count). The number of rotatable bonds is 6. The van der Waals surface area contributed by atoms with Gasteiger partial charge >= 0.3 is 12.0 Å². The molecule has 0 aliphatic carbocycles. The molecule has 0 aliphatic heterocycles. The largest absolute Gasteiger partial charge is 0.481 e. The third kappa shape index (κ3) is 5.91. The van der Waals surface area contributed by atoms with Crippen LogP contribution in [0.15, 0.2) is 18.2 Å². The van der Waals surface area contributed by atoms with Crippen LogP contribution in [0, 0.1) is 6.92 Å². The maximum atomic E-state index is 12.1. The van der Waals surface area contributed by atoms with Crippen molar-refractivity contribution in [2.24, 2.45) is 0 Å². The number of hydrogen-bond donors (Lipinski definition) is 3. The molecule has 0 heterocycles. The Morgan fingerprint density at radius 3 is 2.33 bits per heavy atom. The zero-order valence-corrected chi connectivity index (χ0v) is 14.8. The summed E-state index contributed by atoms with van der Waals surface area (Å²) in [5.41, 5.74) is 1.26. The van der Waals surface area contributed by atoms with Crippen LogP contribution in [-0.4, -0.2) is 47.5 Å². The fraction of sp³-hybridized carbons (Fsp3) is 0.471. The maximum Gasteiger partial charge on any atom is 0.319 e. The summed E-state index contributed by atoms with van der Waals surface area (Å²) in [7, 11) is 3.36. The molecule has 0 aromatic heterocycles. The Morgan fingerprint density at radius 1 is 1.21 bits per heavy atom. The van der Waals surface area contributed by atoms with Gasteiger partial charge in [-0.2, -0.15) is 0 Å². The molecule has 3 N–H and O–H groups in total. The fourth-order valence-electron chi connectivity index (χ4n) is 2.17. The standard InChI is InChI=1S/C17H25N3O4/c1-11-10-12(6-7-13(11)15(23)20(4)5)18-16(24)19-17(2,3)9-8-14(21)22/h6-7,10H,8-9H2,1-5H3,(H,21,22)(H2,18,19,24). The molecular formula is C17H25N3O4. The number of nitrogens with zero attached hydrogens (tertiary/aromatic N) is 1. The van der Waals surface area contributed by atoms with Gasteiger partial charge in [-0.25, -0.2) is 4.79 Å². The smallest absolute Gasteiger partial charge is 0.319 e. The SMILES string of the molecule is Cc1cc(NC(=O)NC(C)(C)CCC(=O)O)ccc1C(=O)N(C)C. The second-order valence-corrected chi connectivity index (χ2v) is 6.59. The van der Waals surface area contributed by atoms with Crippen LogP contribution in [0.2, 0.25) is 0 Å². The first-order valence-corrected chi connectivity index (χ1v) is 7.65. The van der Waals surface area contributed by atoms with Crippen molar-refractivity contribution in [1.82, 2.24) is 10.2 Å². The zero-order valence-electron chi connectivity index (χ0n) is 14.8. The summed E-state index contributed by atoms with van der Waals surface area (Å²) in [6, 6.07) is 4.63. The molecule has 0 spiro atoms. The van der Waals surface area contributed by atoms with Crippen LogP contribution in [-0.2, 0) is 4.79 Å². The first kappa shape index (κ1) is 19.5. The van der Waals surface area contributed by atoms with E-state index in [4.69, 9.17) is 5.11 Å². The number of carbonyl (C=O) groups is 3. The predicted molar refractivity (Wildman–Crippen MR) is 92.3 cm³/mol. The molecular weight excluding hydrogens is 310 g/mol. The van der Waals surface area contributed by atoms with Crippen molar-refractivity contribution in [1.29, 1.82) is 0 Å². The number of nitrogens with one attached hydrogen (secondary N) is 2. The molecule has 3 amide bonds. The first-order valence-electron chi connectivity index (χ1n) is 7.65. The Bertz CT molecular complexity index is 639. The minimum atomic E-state index is -0.901. The topological polar surface area (TPSA) is 98.7 Å². The molecule has 7 heteroatoms. The number of anilines is 1. The van der Waals surface area contributed by atoms with E-state index in [2.05, 4.69) is 10.6 Å². The normalized spacial score (nSPS) is 10.9. The summed E-state index contributed by atoms with van der Waals surface area (Å²) >= 11 is 0. The molecule has 0 aliphatic rings. The minimum Gasteiger partial charge on any atom is -0.481 e. The number of amides is 3. The first-order chi connectivity index (χ1) is 11.0. The number of urea groups is 1. The summed E-state index contributed by atoms with van der Waals surface area (Å²) in [4.78, 5) is 36.2. The highest BCUT2D eigenvalue weighted by Gasteiger charge is 2.21. The Hall–Kier alpha value is -2.57. The van der Waals surface area contributed by atoms with Gasteiger partial charge in [0, 0.05) is 37.3 Å². The van der Waals surface area contributed by atoms with Gasteiger partial charge in [-0.05, 0) is 51.0 Å². The van der Waals surface area contributed by atoms with E-state index in [1.165, 1.54) is 4.90 Å². The molecule has 132 valence electrons. The molecule has 0 unspecified atom stereocenters.